The number of hydrogen-bond acceptors (Lipinski definition) is 8. The van der Waals surface area contributed by atoms with Gasteiger partial charge in [0.1, 0.15) is 11.4 Å². The normalized spacial score (nSPS) is 19.0. The number of nitrogens with two attached hydrogens (primary N) is 1. The number of piperidine rings is 1. The number of rotatable bonds is 6. The van der Waals surface area contributed by atoms with E-state index in [1.54, 1.807) is 11.2 Å². The number of likely N-dealkylation sites (tertiary alicyclic amines) is 1. The number of amides is 1. The first-order chi connectivity index (χ1) is 17.4. The molecule has 2 fully saturated rings. The van der Waals surface area contributed by atoms with Gasteiger partial charge < -0.3 is 25.1 Å². The molecule has 36 heavy (non-hydrogen) atoms. The minimum atomic E-state index is -0.906. The van der Waals surface area contributed by atoms with Gasteiger partial charge in [-0.15, -0.1) is 0 Å². The molecule has 1 aliphatic carbocycles. The number of hydrogen-bond donors (Lipinski definition) is 2. The lowest BCUT2D eigenvalue weighted by molar-refractivity contribution is -0.0308. The Bertz CT molecular complexity index is 1300. The van der Waals surface area contributed by atoms with Gasteiger partial charge in [0.2, 0.25) is 5.76 Å². The van der Waals surface area contributed by atoms with Crippen molar-refractivity contribution in [3.05, 3.63) is 53.4 Å². The summed E-state index contributed by atoms with van der Waals surface area (Å²) >= 11 is 0. The number of benzene rings is 1. The summed E-state index contributed by atoms with van der Waals surface area (Å²) in [7, 11) is 1.92. The van der Waals surface area contributed by atoms with Crippen LogP contribution in [0.5, 0.6) is 0 Å². The van der Waals surface area contributed by atoms with Crippen molar-refractivity contribution in [3.8, 4) is 11.3 Å². The molecule has 188 valence electrons. The fourth-order valence-corrected chi connectivity index (χ4v) is 5.13. The summed E-state index contributed by atoms with van der Waals surface area (Å²) in [6.07, 6.45) is 6.46. The number of aromatic nitrogens is 3. The van der Waals surface area contributed by atoms with Crippen LogP contribution in [0.2, 0.25) is 0 Å². The molecule has 3 aromatic rings. The van der Waals surface area contributed by atoms with Crippen molar-refractivity contribution in [2.45, 2.75) is 50.3 Å². The maximum absolute atomic E-state index is 12.8. The average Bonchev–Trinajstić information content (AvgIpc) is 3.52. The Balaban J connectivity index is 1.09. The third-order valence-electron chi connectivity index (χ3n) is 7.40. The Hall–Kier alpha value is -3.50. The van der Waals surface area contributed by atoms with Gasteiger partial charge in [0, 0.05) is 44.7 Å². The lowest BCUT2D eigenvalue weighted by Gasteiger charge is -2.40. The number of nitrogens with zero attached hydrogens (tertiary/aromatic N) is 6. The molecule has 1 saturated heterocycles. The molecule has 0 unspecified atom stereocenters. The van der Waals surface area contributed by atoms with Crippen molar-refractivity contribution in [2.75, 3.05) is 19.6 Å². The van der Waals surface area contributed by atoms with Gasteiger partial charge in [0.15, 0.2) is 5.89 Å². The minimum Gasteiger partial charge on any atom is -0.435 e. The summed E-state index contributed by atoms with van der Waals surface area (Å²) in [6.45, 7) is 2.45. The van der Waals surface area contributed by atoms with Crippen LogP contribution in [0.15, 0.2) is 39.9 Å². The lowest BCUT2D eigenvalue weighted by Crippen LogP contribution is -2.52. The van der Waals surface area contributed by atoms with Gasteiger partial charge in [-0.25, -0.2) is 9.98 Å². The summed E-state index contributed by atoms with van der Waals surface area (Å²) in [4.78, 5) is 25.6. The van der Waals surface area contributed by atoms with Crippen LogP contribution in [0, 0.1) is 0 Å². The molecule has 1 aromatic carbocycles. The van der Waals surface area contributed by atoms with E-state index >= 15 is 0 Å². The van der Waals surface area contributed by atoms with E-state index in [0.29, 0.717) is 63.1 Å². The average molecular weight is 490 g/mol. The zero-order valence-corrected chi connectivity index (χ0v) is 20.4. The first kappa shape index (κ1) is 22.9. The number of carbonyl (C=O) groups is 1. The molecule has 0 bridgehead atoms. The van der Waals surface area contributed by atoms with Crippen LogP contribution < -0.4 is 5.73 Å². The Morgan fingerprint density at radius 2 is 1.97 bits per heavy atom. The third-order valence-corrected chi connectivity index (χ3v) is 7.40. The molecule has 1 saturated carbocycles. The molecule has 0 atom stereocenters. The van der Waals surface area contributed by atoms with Gasteiger partial charge in [-0.3, -0.25) is 9.48 Å². The van der Waals surface area contributed by atoms with Gasteiger partial charge in [0.05, 0.1) is 30.4 Å². The second-order valence-electron chi connectivity index (χ2n) is 10.2. The summed E-state index contributed by atoms with van der Waals surface area (Å²) in [5.41, 5.74) is 9.65. The summed E-state index contributed by atoms with van der Waals surface area (Å²) in [5, 5.41) is 16.0. The first-order valence-corrected chi connectivity index (χ1v) is 12.5. The number of fused-ring (bicyclic) bond motifs is 1. The summed E-state index contributed by atoms with van der Waals surface area (Å²) in [5.74, 6) is 1.18. The standard InChI is InChI=1S/C26H31N7O3/c1-31-23(18-4-2-17(12-27)3-5-18)22-20(30-31)14-32(16-29-22)15-26(35)8-10-33(11-9-26)25(34)21-13-28-24(36-21)19-6-7-19/h2-5,13,16,19,35H,6-12,14-15,27H2,1H3. The fourth-order valence-electron chi connectivity index (χ4n) is 5.13. The van der Waals surface area contributed by atoms with Gasteiger partial charge in [0.25, 0.3) is 5.91 Å². The maximum Gasteiger partial charge on any atom is 0.291 e. The quantitative estimate of drug-likeness (QED) is 0.545. The summed E-state index contributed by atoms with van der Waals surface area (Å²) in [6, 6.07) is 8.14. The fraction of sp³-hybridized carbons (Fsp3) is 0.462. The highest BCUT2D eigenvalue weighted by molar-refractivity contribution is 5.91. The van der Waals surface area contributed by atoms with Gasteiger partial charge >= 0.3 is 0 Å². The zero-order valence-electron chi connectivity index (χ0n) is 20.4. The third kappa shape index (κ3) is 4.31. The van der Waals surface area contributed by atoms with Crippen molar-refractivity contribution >= 4 is 17.9 Å². The van der Waals surface area contributed by atoms with Crippen LogP contribution >= 0.6 is 0 Å². The number of aliphatic hydroxyl groups is 1. The first-order valence-electron chi connectivity index (χ1n) is 12.5. The molecule has 10 nitrogen and oxygen atoms in total. The molecule has 3 aliphatic rings. The Morgan fingerprint density at radius 1 is 1.22 bits per heavy atom. The second kappa shape index (κ2) is 8.86. The highest BCUT2D eigenvalue weighted by Crippen LogP contribution is 2.40. The van der Waals surface area contributed by atoms with E-state index in [1.807, 2.05) is 40.9 Å². The van der Waals surface area contributed by atoms with Gasteiger partial charge in [-0.05, 0) is 31.2 Å². The molecule has 4 heterocycles. The van der Waals surface area contributed by atoms with Crippen molar-refractivity contribution in [3.63, 3.8) is 0 Å². The predicted molar refractivity (Wildman–Crippen MR) is 134 cm³/mol. The molecular weight excluding hydrogens is 458 g/mol. The van der Waals surface area contributed by atoms with Crippen LogP contribution in [0.25, 0.3) is 11.3 Å². The Labute approximate surface area is 209 Å². The lowest BCUT2D eigenvalue weighted by atomic mass is 9.90. The second-order valence-corrected chi connectivity index (χ2v) is 10.2. The van der Waals surface area contributed by atoms with E-state index in [4.69, 9.17) is 20.2 Å². The van der Waals surface area contributed by atoms with E-state index < -0.39 is 5.60 Å². The van der Waals surface area contributed by atoms with E-state index in [9.17, 15) is 9.90 Å². The predicted octanol–water partition coefficient (Wildman–Crippen LogP) is 2.55. The smallest absolute Gasteiger partial charge is 0.291 e. The zero-order chi connectivity index (χ0) is 24.9. The van der Waals surface area contributed by atoms with E-state index in [1.165, 1.54) is 6.20 Å². The molecule has 0 radical (unpaired) electrons. The highest BCUT2D eigenvalue weighted by atomic mass is 16.4. The Kier molecular flexibility index (Phi) is 5.65. The van der Waals surface area contributed by atoms with Crippen molar-refractivity contribution in [1.82, 2.24) is 24.6 Å². The molecule has 1 amide bonds. The van der Waals surface area contributed by atoms with Crippen LogP contribution in [-0.4, -0.2) is 67.2 Å². The van der Waals surface area contributed by atoms with Crippen LogP contribution in [0.4, 0.5) is 5.69 Å². The molecule has 3 N–H and O–H groups in total. The maximum atomic E-state index is 12.8. The number of aryl methyl sites for hydroxylation is 1. The number of β-amino-alcohol motifs (C(OH)–C–C–N with tert-alkyl or cyclic N) is 1. The van der Waals surface area contributed by atoms with Crippen LogP contribution in [0.3, 0.4) is 0 Å². The van der Waals surface area contributed by atoms with Crippen molar-refractivity contribution in [2.24, 2.45) is 17.8 Å². The van der Waals surface area contributed by atoms with E-state index in [0.717, 1.165) is 41.0 Å². The van der Waals surface area contributed by atoms with E-state index in [2.05, 4.69) is 4.98 Å². The van der Waals surface area contributed by atoms with Gasteiger partial charge in [-0.1, -0.05) is 24.3 Å². The highest BCUT2D eigenvalue weighted by Gasteiger charge is 2.37. The van der Waals surface area contributed by atoms with Crippen molar-refractivity contribution in [1.29, 1.82) is 0 Å². The van der Waals surface area contributed by atoms with Crippen molar-refractivity contribution < 1.29 is 14.3 Å². The van der Waals surface area contributed by atoms with E-state index in [-0.39, 0.29) is 5.91 Å². The monoisotopic (exact) mass is 489 g/mol. The molecule has 0 spiro atoms. The molecule has 2 aliphatic heterocycles. The largest absolute Gasteiger partial charge is 0.435 e. The number of oxazole rings is 1. The minimum absolute atomic E-state index is 0.152. The summed E-state index contributed by atoms with van der Waals surface area (Å²) < 4.78 is 7.54. The Morgan fingerprint density at radius 3 is 2.67 bits per heavy atom. The molecule has 10 heteroatoms. The van der Waals surface area contributed by atoms with Gasteiger partial charge in [-0.2, -0.15) is 5.10 Å². The topological polar surface area (TPSA) is 126 Å². The number of aliphatic imine (C=N–C) groups is 1. The molecular formula is C26H31N7O3. The number of carbonyl (C=O) groups excluding carboxylic acids is 1. The van der Waals surface area contributed by atoms with Crippen LogP contribution in [0.1, 0.15) is 59.3 Å². The molecule has 2 aromatic heterocycles. The molecule has 6 rings (SSSR count). The van der Waals surface area contributed by atoms with Crippen LogP contribution in [-0.2, 0) is 20.1 Å². The SMILES string of the molecule is Cn1nc2c(c1-c1ccc(CN)cc1)N=CN(CC1(O)CCN(C(=O)c3cnc(C4CC4)o3)CC1)C2.